The number of hydrogen-bond donors (Lipinski definition) is 0. The molecule has 150 valence electrons. The first-order chi connectivity index (χ1) is 15.8. The molecule has 6 rings (SSSR count). The molecule has 0 unspecified atom stereocenters. The van der Waals surface area contributed by atoms with Crippen LogP contribution in [0.5, 0.6) is 0 Å². The molecule has 3 heteroatoms. The van der Waals surface area contributed by atoms with Crippen LogP contribution >= 0.6 is 0 Å². The minimum atomic E-state index is 0.629. The Hall–Kier alpha value is -4.55. The second kappa shape index (κ2) is 7.30. The third-order valence-electron chi connectivity index (χ3n) is 5.85. The monoisotopic (exact) mass is 410 g/mol. The van der Waals surface area contributed by atoms with Crippen LogP contribution in [-0.2, 0) is 0 Å². The molecule has 0 N–H and O–H groups in total. The minimum absolute atomic E-state index is 0.629. The largest absolute Gasteiger partial charge is 0.456 e. The number of anilines is 3. The average Bonchev–Trinajstić information content (AvgIpc) is 3.24. The van der Waals surface area contributed by atoms with Crippen molar-refractivity contribution in [1.29, 1.82) is 0 Å². The van der Waals surface area contributed by atoms with Crippen LogP contribution in [0.1, 0.15) is 0 Å². The summed E-state index contributed by atoms with van der Waals surface area (Å²) in [4.78, 5) is 5.74. The standard InChI is InChI=1S/C29H18N2O/c1-30-21-12-14-23(15-13-21)31(22-8-3-2-4-9-22)24-16-18-27-26(19-24)29-25-10-6-5-7-20(25)11-17-28(29)32-27/h2-19H. The molecule has 0 spiro atoms. The van der Waals surface area contributed by atoms with Crippen LogP contribution in [0.25, 0.3) is 37.6 Å². The fraction of sp³-hybridized carbons (Fsp3) is 0. The zero-order valence-electron chi connectivity index (χ0n) is 17.2. The van der Waals surface area contributed by atoms with E-state index in [1.807, 2.05) is 48.5 Å². The molecule has 0 aliphatic rings. The van der Waals surface area contributed by atoms with E-state index in [0.29, 0.717) is 5.69 Å². The highest BCUT2D eigenvalue weighted by Crippen LogP contribution is 2.40. The van der Waals surface area contributed by atoms with Gasteiger partial charge in [-0.15, -0.1) is 0 Å². The van der Waals surface area contributed by atoms with Crippen molar-refractivity contribution >= 4 is 55.5 Å². The lowest BCUT2D eigenvalue weighted by Crippen LogP contribution is -2.09. The fourth-order valence-electron chi connectivity index (χ4n) is 4.37. The van der Waals surface area contributed by atoms with Crippen LogP contribution in [0.4, 0.5) is 22.7 Å². The third-order valence-corrected chi connectivity index (χ3v) is 5.85. The first-order valence-electron chi connectivity index (χ1n) is 10.5. The van der Waals surface area contributed by atoms with E-state index in [-0.39, 0.29) is 0 Å². The van der Waals surface area contributed by atoms with Crippen molar-refractivity contribution in [3.05, 3.63) is 121 Å². The molecule has 5 aromatic carbocycles. The van der Waals surface area contributed by atoms with Crippen LogP contribution in [0, 0.1) is 6.57 Å². The van der Waals surface area contributed by atoms with E-state index in [1.165, 1.54) is 10.8 Å². The molecule has 0 saturated heterocycles. The van der Waals surface area contributed by atoms with Crippen molar-refractivity contribution in [2.45, 2.75) is 0 Å². The maximum absolute atomic E-state index is 7.27. The van der Waals surface area contributed by atoms with E-state index in [9.17, 15) is 0 Å². The number of nitrogens with zero attached hydrogens (tertiary/aromatic N) is 2. The highest BCUT2D eigenvalue weighted by Gasteiger charge is 2.16. The Bertz CT molecular complexity index is 1620. The lowest BCUT2D eigenvalue weighted by Gasteiger charge is -2.25. The second-order valence-corrected chi connectivity index (χ2v) is 7.74. The highest BCUT2D eigenvalue weighted by molar-refractivity contribution is 6.19. The summed E-state index contributed by atoms with van der Waals surface area (Å²) >= 11 is 0. The lowest BCUT2D eigenvalue weighted by atomic mass is 10.0. The summed E-state index contributed by atoms with van der Waals surface area (Å²) in [6.07, 6.45) is 0. The topological polar surface area (TPSA) is 20.7 Å². The molecule has 32 heavy (non-hydrogen) atoms. The minimum Gasteiger partial charge on any atom is -0.456 e. The van der Waals surface area contributed by atoms with Crippen molar-refractivity contribution in [2.75, 3.05) is 4.90 Å². The number of furan rings is 1. The quantitative estimate of drug-likeness (QED) is 0.272. The van der Waals surface area contributed by atoms with Gasteiger partial charge in [0.1, 0.15) is 11.2 Å². The molecule has 3 nitrogen and oxygen atoms in total. The van der Waals surface area contributed by atoms with Gasteiger partial charge in [0.25, 0.3) is 0 Å². The summed E-state index contributed by atoms with van der Waals surface area (Å²) in [5.74, 6) is 0. The van der Waals surface area contributed by atoms with Gasteiger partial charge in [-0.25, -0.2) is 4.85 Å². The Morgan fingerprint density at radius 1 is 0.594 bits per heavy atom. The Labute approximate surface area is 185 Å². The fourth-order valence-corrected chi connectivity index (χ4v) is 4.37. The maximum Gasteiger partial charge on any atom is 0.187 e. The first-order valence-corrected chi connectivity index (χ1v) is 10.5. The molecule has 0 aliphatic carbocycles. The maximum atomic E-state index is 7.27. The van der Waals surface area contributed by atoms with E-state index in [0.717, 1.165) is 39.0 Å². The normalized spacial score (nSPS) is 11.1. The van der Waals surface area contributed by atoms with E-state index in [1.54, 1.807) is 0 Å². The number of rotatable bonds is 3. The van der Waals surface area contributed by atoms with Crippen LogP contribution in [0.2, 0.25) is 0 Å². The predicted octanol–water partition coefficient (Wildman–Crippen LogP) is 8.76. The molecule has 0 fully saturated rings. The van der Waals surface area contributed by atoms with Gasteiger partial charge in [-0.05, 0) is 59.3 Å². The average molecular weight is 410 g/mol. The van der Waals surface area contributed by atoms with E-state index < -0.39 is 0 Å². The van der Waals surface area contributed by atoms with Crippen molar-refractivity contribution in [1.82, 2.24) is 0 Å². The summed E-state index contributed by atoms with van der Waals surface area (Å²) < 4.78 is 6.19. The van der Waals surface area contributed by atoms with Gasteiger partial charge < -0.3 is 9.32 Å². The van der Waals surface area contributed by atoms with Crippen LogP contribution in [0.15, 0.2) is 114 Å². The van der Waals surface area contributed by atoms with Crippen molar-refractivity contribution in [2.24, 2.45) is 0 Å². The third kappa shape index (κ3) is 2.90. The second-order valence-electron chi connectivity index (χ2n) is 7.74. The SMILES string of the molecule is [C-]#[N+]c1ccc(N(c2ccccc2)c2ccc3oc4ccc5ccccc5c4c3c2)cc1. The van der Waals surface area contributed by atoms with Gasteiger partial charge in [0.05, 0.1) is 6.57 Å². The van der Waals surface area contributed by atoms with Gasteiger partial charge in [0.2, 0.25) is 0 Å². The van der Waals surface area contributed by atoms with Gasteiger partial charge in [-0.1, -0.05) is 60.7 Å². The van der Waals surface area contributed by atoms with Crippen molar-refractivity contribution < 1.29 is 4.42 Å². The van der Waals surface area contributed by atoms with Gasteiger partial charge in [-0.3, -0.25) is 0 Å². The molecular weight excluding hydrogens is 392 g/mol. The Balaban J connectivity index is 1.61. The summed E-state index contributed by atoms with van der Waals surface area (Å²) in [5, 5.41) is 4.61. The molecule has 0 amide bonds. The summed E-state index contributed by atoms with van der Waals surface area (Å²) in [7, 11) is 0. The van der Waals surface area contributed by atoms with Crippen molar-refractivity contribution in [3.63, 3.8) is 0 Å². The lowest BCUT2D eigenvalue weighted by molar-refractivity contribution is 0.669. The van der Waals surface area contributed by atoms with Gasteiger partial charge in [0.15, 0.2) is 5.69 Å². The van der Waals surface area contributed by atoms with E-state index in [2.05, 4.69) is 70.4 Å². The Morgan fingerprint density at radius 2 is 1.28 bits per heavy atom. The van der Waals surface area contributed by atoms with E-state index >= 15 is 0 Å². The Kier molecular flexibility index (Phi) is 4.16. The predicted molar refractivity (Wildman–Crippen MR) is 132 cm³/mol. The molecule has 1 aromatic heterocycles. The molecule has 0 saturated carbocycles. The molecule has 6 aromatic rings. The smallest absolute Gasteiger partial charge is 0.187 e. The zero-order valence-corrected chi connectivity index (χ0v) is 17.2. The van der Waals surface area contributed by atoms with Crippen molar-refractivity contribution in [3.8, 4) is 0 Å². The van der Waals surface area contributed by atoms with Crippen LogP contribution in [-0.4, -0.2) is 0 Å². The summed E-state index contributed by atoms with van der Waals surface area (Å²) in [5.41, 5.74) is 5.49. The molecule has 1 heterocycles. The molecule has 0 aliphatic heterocycles. The molecule has 0 bridgehead atoms. The van der Waals surface area contributed by atoms with Gasteiger partial charge in [-0.2, -0.15) is 0 Å². The summed E-state index contributed by atoms with van der Waals surface area (Å²) in [6.45, 7) is 7.27. The molecule has 0 radical (unpaired) electrons. The highest BCUT2D eigenvalue weighted by atomic mass is 16.3. The van der Waals surface area contributed by atoms with Crippen LogP contribution in [0.3, 0.4) is 0 Å². The van der Waals surface area contributed by atoms with E-state index in [4.69, 9.17) is 11.0 Å². The molecular formula is C29H18N2O. The first kappa shape index (κ1) is 18.2. The number of fused-ring (bicyclic) bond motifs is 5. The van der Waals surface area contributed by atoms with Gasteiger partial charge >= 0.3 is 0 Å². The zero-order chi connectivity index (χ0) is 21.5. The van der Waals surface area contributed by atoms with Crippen LogP contribution < -0.4 is 4.90 Å². The number of hydrogen-bond acceptors (Lipinski definition) is 2. The number of para-hydroxylation sites is 1. The summed E-state index contributed by atoms with van der Waals surface area (Å²) in [6, 6.07) is 36.9. The number of benzene rings is 5. The van der Waals surface area contributed by atoms with Gasteiger partial charge in [0, 0.05) is 27.8 Å². The molecule has 0 atom stereocenters. The Morgan fingerprint density at radius 3 is 2.09 bits per heavy atom.